The van der Waals surface area contributed by atoms with Crippen LogP contribution in [-0.4, -0.2) is 41.0 Å². The predicted octanol–water partition coefficient (Wildman–Crippen LogP) is 2.64. The first-order chi connectivity index (χ1) is 10.6. The number of hydrogen-bond acceptors (Lipinski definition) is 4. The summed E-state index contributed by atoms with van der Waals surface area (Å²) in [6, 6.07) is 4.28. The highest BCUT2D eigenvalue weighted by molar-refractivity contribution is 14.1. The summed E-state index contributed by atoms with van der Waals surface area (Å²) in [5.74, 6) is 0.496. The normalized spacial score (nSPS) is 30.6. The molecule has 0 aliphatic carbocycles. The SMILES string of the molecule is CC1C(NC(=O)c2cc3oc(I)cc3cn2)C2CCN1CC2. The molecule has 5 nitrogen and oxygen atoms in total. The van der Waals surface area contributed by atoms with E-state index in [-0.39, 0.29) is 11.9 Å². The van der Waals surface area contributed by atoms with Gasteiger partial charge in [0.15, 0.2) is 3.77 Å². The average molecular weight is 411 g/mol. The lowest BCUT2D eigenvalue weighted by Crippen LogP contribution is -2.62. The number of aromatic nitrogens is 1. The van der Waals surface area contributed by atoms with E-state index in [1.807, 2.05) is 6.07 Å². The van der Waals surface area contributed by atoms with E-state index in [2.05, 4.69) is 44.7 Å². The highest BCUT2D eigenvalue weighted by atomic mass is 127. The number of carbonyl (C=O) groups is 1. The number of nitrogens with one attached hydrogen (secondary N) is 1. The zero-order chi connectivity index (χ0) is 15.3. The van der Waals surface area contributed by atoms with Crippen molar-refractivity contribution in [2.24, 2.45) is 5.92 Å². The molecule has 6 heteroatoms. The molecule has 2 aromatic heterocycles. The van der Waals surface area contributed by atoms with Crippen LogP contribution in [0.4, 0.5) is 0 Å². The van der Waals surface area contributed by atoms with E-state index >= 15 is 0 Å². The maximum Gasteiger partial charge on any atom is 0.270 e. The van der Waals surface area contributed by atoms with Crippen molar-refractivity contribution in [3.63, 3.8) is 0 Å². The van der Waals surface area contributed by atoms with Gasteiger partial charge in [-0.3, -0.25) is 14.7 Å². The number of nitrogens with zero attached hydrogens (tertiary/aromatic N) is 2. The fourth-order valence-electron chi connectivity index (χ4n) is 3.80. The van der Waals surface area contributed by atoms with E-state index in [1.165, 1.54) is 12.8 Å². The summed E-state index contributed by atoms with van der Waals surface area (Å²) in [6.45, 7) is 4.53. The number of amides is 1. The first-order valence-electron chi connectivity index (χ1n) is 7.72. The lowest BCUT2D eigenvalue weighted by Gasteiger charge is -2.49. The van der Waals surface area contributed by atoms with Gasteiger partial charge in [0, 0.05) is 29.7 Å². The molecule has 3 fully saturated rings. The molecule has 2 bridgehead atoms. The second-order valence-electron chi connectivity index (χ2n) is 6.27. The Kier molecular flexibility index (Phi) is 3.60. The summed E-state index contributed by atoms with van der Waals surface area (Å²) in [6.07, 6.45) is 4.06. The molecule has 1 N–H and O–H groups in total. The van der Waals surface area contributed by atoms with Crippen LogP contribution in [0.1, 0.15) is 30.3 Å². The van der Waals surface area contributed by atoms with Gasteiger partial charge in [0.1, 0.15) is 11.3 Å². The van der Waals surface area contributed by atoms with Gasteiger partial charge in [-0.05, 0) is 67.4 Å². The van der Waals surface area contributed by atoms with E-state index < -0.39 is 0 Å². The molecular formula is C16H18IN3O2. The van der Waals surface area contributed by atoms with Crippen molar-refractivity contribution in [2.75, 3.05) is 13.1 Å². The number of rotatable bonds is 2. The van der Waals surface area contributed by atoms with E-state index in [0.717, 1.165) is 22.2 Å². The number of hydrogen-bond donors (Lipinski definition) is 1. The van der Waals surface area contributed by atoms with Crippen molar-refractivity contribution >= 4 is 39.5 Å². The van der Waals surface area contributed by atoms with Crippen molar-refractivity contribution in [2.45, 2.75) is 31.8 Å². The minimum Gasteiger partial charge on any atom is -0.450 e. The largest absolute Gasteiger partial charge is 0.450 e. The van der Waals surface area contributed by atoms with Crippen molar-refractivity contribution in [3.8, 4) is 0 Å². The van der Waals surface area contributed by atoms with Crippen LogP contribution in [0, 0.1) is 9.68 Å². The topological polar surface area (TPSA) is 58.4 Å². The van der Waals surface area contributed by atoms with Crippen LogP contribution in [0.15, 0.2) is 22.7 Å². The Morgan fingerprint density at radius 1 is 1.41 bits per heavy atom. The summed E-state index contributed by atoms with van der Waals surface area (Å²) < 4.78 is 6.38. The molecule has 3 aliphatic rings. The third-order valence-electron chi connectivity index (χ3n) is 5.08. The second-order valence-corrected chi connectivity index (χ2v) is 7.33. The van der Waals surface area contributed by atoms with E-state index in [0.29, 0.717) is 23.2 Å². The number of piperidine rings is 3. The van der Waals surface area contributed by atoms with Crippen LogP contribution >= 0.6 is 22.6 Å². The van der Waals surface area contributed by atoms with Gasteiger partial charge in [-0.15, -0.1) is 0 Å². The summed E-state index contributed by atoms with van der Waals surface area (Å²) in [4.78, 5) is 19.3. The first kappa shape index (κ1) is 14.4. The zero-order valence-corrected chi connectivity index (χ0v) is 14.5. The molecule has 116 valence electrons. The van der Waals surface area contributed by atoms with Crippen LogP contribution in [0.3, 0.4) is 0 Å². The molecule has 0 spiro atoms. The van der Waals surface area contributed by atoms with Gasteiger partial charge < -0.3 is 9.73 Å². The summed E-state index contributed by atoms with van der Waals surface area (Å²) in [7, 11) is 0. The Hall–Kier alpha value is -1.15. The van der Waals surface area contributed by atoms with E-state index in [1.54, 1.807) is 12.3 Å². The number of fused-ring (bicyclic) bond motifs is 4. The van der Waals surface area contributed by atoms with Gasteiger partial charge in [-0.25, -0.2) is 0 Å². The van der Waals surface area contributed by atoms with Crippen LogP contribution in [0.2, 0.25) is 0 Å². The van der Waals surface area contributed by atoms with Crippen molar-refractivity contribution < 1.29 is 9.21 Å². The monoisotopic (exact) mass is 411 g/mol. The Balaban J connectivity index is 1.55. The van der Waals surface area contributed by atoms with Crippen molar-refractivity contribution in [3.05, 3.63) is 27.8 Å². The molecule has 2 unspecified atom stereocenters. The Morgan fingerprint density at radius 3 is 2.91 bits per heavy atom. The minimum atomic E-state index is -0.0982. The molecule has 3 aliphatic heterocycles. The van der Waals surface area contributed by atoms with E-state index in [9.17, 15) is 4.79 Å². The fraction of sp³-hybridized carbons (Fsp3) is 0.500. The van der Waals surface area contributed by atoms with Crippen LogP contribution in [-0.2, 0) is 0 Å². The summed E-state index contributed by atoms with van der Waals surface area (Å²) in [5.41, 5.74) is 1.15. The molecule has 3 saturated heterocycles. The zero-order valence-electron chi connectivity index (χ0n) is 12.4. The molecule has 5 heterocycles. The average Bonchev–Trinajstić information content (AvgIpc) is 2.90. The third-order valence-corrected chi connectivity index (χ3v) is 5.61. The highest BCUT2D eigenvalue weighted by Crippen LogP contribution is 2.32. The van der Waals surface area contributed by atoms with Gasteiger partial charge in [0.2, 0.25) is 0 Å². The molecule has 0 radical (unpaired) electrons. The smallest absolute Gasteiger partial charge is 0.270 e. The molecular weight excluding hydrogens is 393 g/mol. The number of pyridine rings is 1. The highest BCUT2D eigenvalue weighted by Gasteiger charge is 2.40. The van der Waals surface area contributed by atoms with Crippen LogP contribution < -0.4 is 5.32 Å². The molecule has 0 saturated carbocycles. The van der Waals surface area contributed by atoms with Gasteiger partial charge >= 0.3 is 0 Å². The van der Waals surface area contributed by atoms with E-state index in [4.69, 9.17) is 4.42 Å². The number of furan rings is 1. The molecule has 0 aromatic carbocycles. The van der Waals surface area contributed by atoms with Gasteiger partial charge in [-0.2, -0.15) is 0 Å². The van der Waals surface area contributed by atoms with Crippen molar-refractivity contribution in [1.82, 2.24) is 15.2 Å². The summed E-state index contributed by atoms with van der Waals surface area (Å²) >= 11 is 2.12. The maximum atomic E-state index is 12.5. The number of carbonyl (C=O) groups excluding carboxylic acids is 1. The lowest BCUT2D eigenvalue weighted by molar-refractivity contribution is 0.0216. The first-order valence-corrected chi connectivity index (χ1v) is 8.80. The van der Waals surface area contributed by atoms with Gasteiger partial charge in [0.05, 0.1) is 0 Å². The molecule has 1 amide bonds. The van der Waals surface area contributed by atoms with Gasteiger partial charge in [-0.1, -0.05) is 0 Å². The standard InChI is InChI=1S/C16H18IN3O2/c1-9-15(10-2-4-20(9)5-3-10)19-16(21)12-7-13-11(8-18-12)6-14(17)22-13/h6-10,15H,2-5H2,1H3,(H,19,21). The van der Waals surface area contributed by atoms with Gasteiger partial charge in [0.25, 0.3) is 5.91 Å². The predicted molar refractivity (Wildman–Crippen MR) is 91.7 cm³/mol. The molecule has 5 rings (SSSR count). The third kappa shape index (κ3) is 2.42. The van der Waals surface area contributed by atoms with Crippen LogP contribution in [0.5, 0.6) is 0 Å². The second kappa shape index (κ2) is 5.49. The van der Waals surface area contributed by atoms with Crippen LogP contribution in [0.25, 0.3) is 11.0 Å². The fourth-order valence-corrected chi connectivity index (χ4v) is 4.37. The summed E-state index contributed by atoms with van der Waals surface area (Å²) in [5, 5.41) is 4.13. The Bertz CT molecular complexity index is 719. The lowest BCUT2D eigenvalue weighted by atomic mass is 9.79. The van der Waals surface area contributed by atoms with Crippen molar-refractivity contribution in [1.29, 1.82) is 0 Å². The number of halogens is 1. The minimum absolute atomic E-state index is 0.0982. The molecule has 2 atom stereocenters. The maximum absolute atomic E-state index is 12.5. The quantitative estimate of drug-likeness (QED) is 0.773. The Labute approximate surface area is 142 Å². The Morgan fingerprint density at radius 2 is 2.18 bits per heavy atom. The molecule has 2 aromatic rings. The molecule has 22 heavy (non-hydrogen) atoms.